The van der Waals surface area contributed by atoms with Crippen molar-refractivity contribution in [3.05, 3.63) is 29.8 Å². The van der Waals surface area contributed by atoms with Crippen molar-refractivity contribution in [1.82, 2.24) is 0 Å². The van der Waals surface area contributed by atoms with Crippen molar-refractivity contribution in [1.29, 1.82) is 0 Å². The first kappa shape index (κ1) is 14.0. The number of nitrogens with two attached hydrogens (primary N) is 1. The highest BCUT2D eigenvalue weighted by Gasteiger charge is 2.02. The van der Waals surface area contributed by atoms with Crippen LogP contribution in [0.3, 0.4) is 0 Å². The third kappa shape index (κ3) is 5.73. The lowest BCUT2D eigenvalue weighted by Crippen LogP contribution is -2.08. The van der Waals surface area contributed by atoms with Gasteiger partial charge in [-0.15, -0.1) is 0 Å². The van der Waals surface area contributed by atoms with E-state index in [9.17, 15) is 0 Å². The quantitative estimate of drug-likeness (QED) is 0.749. The molecule has 2 N–H and O–H groups in total. The first-order chi connectivity index (χ1) is 8.26. The zero-order chi connectivity index (χ0) is 12.5. The van der Waals surface area contributed by atoms with E-state index in [1.165, 1.54) is 18.4 Å². The fourth-order valence-electron chi connectivity index (χ4n) is 1.87. The van der Waals surface area contributed by atoms with Gasteiger partial charge in [0.1, 0.15) is 5.75 Å². The van der Waals surface area contributed by atoms with Crippen LogP contribution in [0.4, 0.5) is 0 Å². The lowest BCUT2D eigenvalue weighted by Gasteiger charge is -2.12. The number of benzene rings is 1. The Hall–Kier alpha value is -1.02. The molecule has 17 heavy (non-hydrogen) atoms. The highest BCUT2D eigenvalue weighted by atomic mass is 16.5. The summed E-state index contributed by atoms with van der Waals surface area (Å²) in [4.78, 5) is 0. The van der Waals surface area contributed by atoms with Crippen molar-refractivity contribution < 1.29 is 4.74 Å². The molecule has 0 aliphatic rings. The zero-order valence-electron chi connectivity index (χ0n) is 11.1. The lowest BCUT2D eigenvalue weighted by atomic mass is 10.1. The highest BCUT2D eigenvalue weighted by Crippen LogP contribution is 2.15. The van der Waals surface area contributed by atoms with Crippen LogP contribution in [0.2, 0.25) is 0 Å². The molecule has 0 heterocycles. The van der Waals surface area contributed by atoms with Crippen LogP contribution in [0.25, 0.3) is 0 Å². The first-order valence-corrected chi connectivity index (χ1v) is 6.68. The topological polar surface area (TPSA) is 35.2 Å². The van der Waals surface area contributed by atoms with Gasteiger partial charge in [0.05, 0.1) is 6.61 Å². The maximum atomic E-state index is 5.76. The van der Waals surface area contributed by atoms with Crippen LogP contribution >= 0.6 is 0 Å². The van der Waals surface area contributed by atoms with E-state index in [4.69, 9.17) is 10.5 Å². The van der Waals surface area contributed by atoms with Crippen molar-refractivity contribution >= 4 is 0 Å². The maximum Gasteiger partial charge on any atom is 0.119 e. The SMILES string of the molecule is CCC[C@H](C)COc1ccc(CCCN)cc1. The third-order valence-electron chi connectivity index (χ3n) is 2.91. The molecule has 0 saturated heterocycles. The molecular formula is C15H25NO. The highest BCUT2D eigenvalue weighted by molar-refractivity contribution is 5.27. The second kappa shape index (κ2) is 8.13. The monoisotopic (exact) mass is 235 g/mol. The molecule has 0 aliphatic carbocycles. The molecule has 1 rings (SSSR count). The Bertz CT molecular complexity index is 294. The summed E-state index contributed by atoms with van der Waals surface area (Å²) in [6.07, 6.45) is 4.56. The van der Waals surface area contributed by atoms with E-state index in [1.807, 2.05) is 0 Å². The number of ether oxygens (including phenoxy) is 1. The predicted octanol–water partition coefficient (Wildman–Crippen LogP) is 3.39. The van der Waals surface area contributed by atoms with Gasteiger partial charge in [-0.3, -0.25) is 0 Å². The Morgan fingerprint density at radius 1 is 1.24 bits per heavy atom. The van der Waals surface area contributed by atoms with E-state index < -0.39 is 0 Å². The molecular weight excluding hydrogens is 210 g/mol. The van der Waals surface area contributed by atoms with Crippen LogP contribution in [0.15, 0.2) is 24.3 Å². The van der Waals surface area contributed by atoms with Crippen LogP contribution in [-0.2, 0) is 6.42 Å². The van der Waals surface area contributed by atoms with Gasteiger partial charge in [-0.25, -0.2) is 0 Å². The van der Waals surface area contributed by atoms with E-state index in [0.717, 1.165) is 31.7 Å². The number of rotatable bonds is 8. The third-order valence-corrected chi connectivity index (χ3v) is 2.91. The van der Waals surface area contributed by atoms with Gasteiger partial charge >= 0.3 is 0 Å². The standard InChI is InChI=1S/C15H25NO/c1-3-5-13(2)12-17-15-9-7-14(8-10-15)6-4-11-16/h7-10,13H,3-6,11-12,16H2,1-2H3/t13-/m0/s1. The molecule has 0 bridgehead atoms. The Labute approximate surface area is 105 Å². The average molecular weight is 235 g/mol. The summed E-state index contributed by atoms with van der Waals surface area (Å²) in [6, 6.07) is 8.39. The minimum absolute atomic E-state index is 0.636. The molecule has 1 atom stereocenters. The summed E-state index contributed by atoms with van der Waals surface area (Å²) in [7, 11) is 0. The minimum Gasteiger partial charge on any atom is -0.493 e. The Morgan fingerprint density at radius 2 is 1.94 bits per heavy atom. The summed E-state index contributed by atoms with van der Waals surface area (Å²) >= 11 is 0. The molecule has 2 heteroatoms. The molecule has 1 aromatic rings. The van der Waals surface area contributed by atoms with Gasteiger partial charge < -0.3 is 10.5 Å². The number of aryl methyl sites for hydroxylation is 1. The average Bonchev–Trinajstić information content (AvgIpc) is 2.35. The molecule has 0 spiro atoms. The molecule has 1 aromatic carbocycles. The van der Waals surface area contributed by atoms with Gasteiger partial charge in [-0.2, -0.15) is 0 Å². The van der Waals surface area contributed by atoms with Crippen molar-refractivity contribution in [2.45, 2.75) is 39.5 Å². The van der Waals surface area contributed by atoms with Gasteiger partial charge in [0.15, 0.2) is 0 Å². The molecule has 96 valence electrons. The summed E-state index contributed by atoms with van der Waals surface area (Å²) in [5.74, 6) is 1.61. The van der Waals surface area contributed by atoms with E-state index in [-0.39, 0.29) is 0 Å². The van der Waals surface area contributed by atoms with Gasteiger partial charge in [-0.05, 0) is 49.4 Å². The Morgan fingerprint density at radius 3 is 2.53 bits per heavy atom. The van der Waals surface area contributed by atoms with Gasteiger partial charge in [-0.1, -0.05) is 32.4 Å². The normalized spacial score (nSPS) is 12.4. The number of hydrogen-bond donors (Lipinski definition) is 1. The van der Waals surface area contributed by atoms with Crippen molar-refractivity contribution in [2.24, 2.45) is 11.7 Å². The van der Waals surface area contributed by atoms with E-state index in [0.29, 0.717) is 5.92 Å². The van der Waals surface area contributed by atoms with E-state index in [1.54, 1.807) is 0 Å². The van der Waals surface area contributed by atoms with Crippen LogP contribution in [0.5, 0.6) is 5.75 Å². The van der Waals surface area contributed by atoms with Gasteiger partial charge in [0.25, 0.3) is 0 Å². The molecule has 0 saturated carbocycles. The van der Waals surface area contributed by atoms with Crippen LogP contribution in [0, 0.1) is 5.92 Å². The molecule has 2 nitrogen and oxygen atoms in total. The van der Waals surface area contributed by atoms with E-state index >= 15 is 0 Å². The molecule has 0 amide bonds. The fraction of sp³-hybridized carbons (Fsp3) is 0.600. The summed E-state index contributed by atoms with van der Waals surface area (Å²) in [6.45, 7) is 6.02. The van der Waals surface area contributed by atoms with Crippen LogP contribution < -0.4 is 10.5 Å². The largest absolute Gasteiger partial charge is 0.493 e. The second-order valence-corrected chi connectivity index (χ2v) is 4.74. The van der Waals surface area contributed by atoms with Gasteiger partial charge in [0.2, 0.25) is 0 Å². The molecule has 0 unspecified atom stereocenters. The summed E-state index contributed by atoms with van der Waals surface area (Å²) < 4.78 is 5.76. The van der Waals surface area contributed by atoms with Crippen molar-refractivity contribution in [2.75, 3.05) is 13.2 Å². The van der Waals surface area contributed by atoms with Crippen molar-refractivity contribution in [3.63, 3.8) is 0 Å². The Balaban J connectivity index is 2.34. The Kier molecular flexibility index (Phi) is 6.71. The smallest absolute Gasteiger partial charge is 0.119 e. The fourth-order valence-corrected chi connectivity index (χ4v) is 1.87. The number of hydrogen-bond acceptors (Lipinski definition) is 2. The van der Waals surface area contributed by atoms with E-state index in [2.05, 4.69) is 38.1 Å². The first-order valence-electron chi connectivity index (χ1n) is 6.68. The molecule has 0 fully saturated rings. The summed E-state index contributed by atoms with van der Waals surface area (Å²) in [5.41, 5.74) is 6.83. The second-order valence-electron chi connectivity index (χ2n) is 4.74. The zero-order valence-corrected chi connectivity index (χ0v) is 11.1. The predicted molar refractivity (Wildman–Crippen MR) is 73.4 cm³/mol. The maximum absolute atomic E-state index is 5.76. The van der Waals surface area contributed by atoms with Gasteiger partial charge in [0, 0.05) is 0 Å². The molecule has 0 aromatic heterocycles. The molecule has 0 radical (unpaired) electrons. The lowest BCUT2D eigenvalue weighted by molar-refractivity contribution is 0.251. The van der Waals surface area contributed by atoms with Crippen molar-refractivity contribution in [3.8, 4) is 5.75 Å². The minimum atomic E-state index is 0.636. The van der Waals surface area contributed by atoms with Crippen LogP contribution in [0.1, 0.15) is 38.7 Å². The molecule has 0 aliphatic heterocycles. The summed E-state index contributed by atoms with van der Waals surface area (Å²) in [5, 5.41) is 0. The van der Waals surface area contributed by atoms with Crippen LogP contribution in [-0.4, -0.2) is 13.2 Å².